The minimum absolute atomic E-state index is 0.157. The van der Waals surface area contributed by atoms with E-state index in [0.717, 1.165) is 0 Å². The summed E-state index contributed by atoms with van der Waals surface area (Å²) in [6.07, 6.45) is 0.500. The lowest BCUT2D eigenvalue weighted by Gasteiger charge is -2.26. The summed E-state index contributed by atoms with van der Waals surface area (Å²) < 4.78 is 32.1. The number of rotatable bonds is 7. The van der Waals surface area contributed by atoms with E-state index >= 15 is 0 Å². The van der Waals surface area contributed by atoms with Crippen LogP contribution in [0, 0.1) is 0 Å². The molecule has 0 bridgehead atoms. The van der Waals surface area contributed by atoms with Crippen molar-refractivity contribution in [1.29, 1.82) is 0 Å². The third-order valence-electron chi connectivity index (χ3n) is 2.96. The van der Waals surface area contributed by atoms with Crippen LogP contribution in [-0.4, -0.2) is 32.3 Å². The monoisotopic (exact) mass is 287 g/mol. The first-order valence-electron chi connectivity index (χ1n) is 6.24. The highest BCUT2D eigenvalue weighted by Crippen LogP contribution is 2.18. The van der Waals surface area contributed by atoms with E-state index in [0.29, 0.717) is 18.8 Å². The van der Waals surface area contributed by atoms with Gasteiger partial charge >= 0.3 is 0 Å². The Morgan fingerprint density at radius 1 is 1.26 bits per heavy atom. The number of aliphatic hydroxyl groups excluding tert-OH is 1. The van der Waals surface area contributed by atoms with Crippen molar-refractivity contribution in [2.45, 2.75) is 37.6 Å². The van der Waals surface area contributed by atoms with Crippen molar-refractivity contribution in [1.82, 2.24) is 4.72 Å². The Kier molecular flexibility index (Phi) is 5.34. The molecule has 5 nitrogen and oxygen atoms in total. The molecule has 0 fully saturated rings. The molecule has 0 aliphatic carbocycles. The fraction of sp³-hybridized carbons (Fsp3) is 0.538. The molecule has 0 heterocycles. The highest BCUT2D eigenvalue weighted by atomic mass is 32.2. The van der Waals surface area contributed by atoms with E-state index in [1.165, 1.54) is 12.1 Å². The molecule has 1 unspecified atom stereocenters. The molecular formula is C13H21NO4S. The van der Waals surface area contributed by atoms with Crippen LogP contribution < -0.4 is 9.46 Å². The van der Waals surface area contributed by atoms with Crippen LogP contribution >= 0.6 is 0 Å². The fourth-order valence-electron chi connectivity index (χ4n) is 1.48. The van der Waals surface area contributed by atoms with Gasteiger partial charge in [0.1, 0.15) is 5.75 Å². The lowest BCUT2D eigenvalue weighted by atomic mass is 10.0. The lowest BCUT2D eigenvalue weighted by Crippen LogP contribution is -2.48. The van der Waals surface area contributed by atoms with Crippen molar-refractivity contribution < 1.29 is 18.3 Å². The Bertz CT molecular complexity index is 492. The first kappa shape index (κ1) is 15.9. The zero-order valence-electron chi connectivity index (χ0n) is 11.5. The lowest BCUT2D eigenvalue weighted by molar-refractivity contribution is 0.191. The average Bonchev–Trinajstić information content (AvgIpc) is 2.39. The minimum atomic E-state index is -3.64. The van der Waals surface area contributed by atoms with Gasteiger partial charge < -0.3 is 9.84 Å². The van der Waals surface area contributed by atoms with Crippen molar-refractivity contribution in [2.24, 2.45) is 0 Å². The quantitative estimate of drug-likeness (QED) is 0.797. The van der Waals surface area contributed by atoms with E-state index in [-0.39, 0.29) is 11.5 Å². The molecule has 0 radical (unpaired) electrons. The number of sulfonamides is 1. The summed E-state index contributed by atoms with van der Waals surface area (Å²) in [5.74, 6) is 0.627. The fourth-order valence-corrected chi connectivity index (χ4v) is 2.95. The van der Waals surface area contributed by atoms with Crippen LogP contribution in [0.3, 0.4) is 0 Å². The van der Waals surface area contributed by atoms with E-state index in [9.17, 15) is 13.5 Å². The number of benzene rings is 1. The van der Waals surface area contributed by atoms with Crippen molar-refractivity contribution in [3.8, 4) is 5.75 Å². The standard InChI is InChI=1S/C13H21NO4S/c1-4-13(3,10-15)14-19(16,17)12-8-6-11(7-9-12)18-5-2/h6-9,14-15H,4-5,10H2,1-3H3. The van der Waals surface area contributed by atoms with Gasteiger partial charge in [-0.2, -0.15) is 0 Å². The van der Waals surface area contributed by atoms with E-state index in [4.69, 9.17) is 4.74 Å². The molecule has 0 saturated carbocycles. The molecular weight excluding hydrogens is 266 g/mol. The van der Waals surface area contributed by atoms with Gasteiger partial charge in [-0.25, -0.2) is 13.1 Å². The number of hydrogen-bond acceptors (Lipinski definition) is 4. The average molecular weight is 287 g/mol. The number of hydrogen-bond donors (Lipinski definition) is 2. The Morgan fingerprint density at radius 2 is 1.84 bits per heavy atom. The van der Waals surface area contributed by atoms with Crippen molar-refractivity contribution in [3.05, 3.63) is 24.3 Å². The molecule has 1 aromatic rings. The number of nitrogens with one attached hydrogen (secondary N) is 1. The van der Waals surface area contributed by atoms with Crippen LogP contribution in [0.15, 0.2) is 29.2 Å². The van der Waals surface area contributed by atoms with Crippen LogP contribution in [0.2, 0.25) is 0 Å². The predicted octanol–water partition coefficient (Wildman–Crippen LogP) is 1.52. The van der Waals surface area contributed by atoms with Crippen molar-refractivity contribution >= 4 is 10.0 Å². The molecule has 108 valence electrons. The number of ether oxygens (including phenoxy) is 1. The maximum absolute atomic E-state index is 12.2. The molecule has 0 spiro atoms. The predicted molar refractivity (Wildman–Crippen MR) is 73.7 cm³/mol. The zero-order valence-corrected chi connectivity index (χ0v) is 12.3. The second-order valence-corrected chi connectivity index (χ2v) is 6.26. The summed E-state index contributed by atoms with van der Waals surface area (Å²) in [5.41, 5.74) is -0.850. The molecule has 0 aromatic heterocycles. The second-order valence-electron chi connectivity index (χ2n) is 4.58. The second kappa shape index (κ2) is 6.36. The summed E-state index contributed by atoms with van der Waals surface area (Å²) in [5, 5.41) is 9.26. The van der Waals surface area contributed by atoms with Gasteiger partial charge in [-0.15, -0.1) is 0 Å². The van der Waals surface area contributed by atoms with Gasteiger partial charge in [-0.05, 0) is 44.5 Å². The van der Waals surface area contributed by atoms with E-state index < -0.39 is 15.6 Å². The third-order valence-corrected chi connectivity index (χ3v) is 4.61. The summed E-state index contributed by atoms with van der Waals surface area (Å²) in [7, 11) is -3.64. The Labute approximate surface area is 114 Å². The molecule has 0 amide bonds. The topological polar surface area (TPSA) is 75.6 Å². The summed E-state index contributed by atoms with van der Waals surface area (Å²) in [6.45, 7) is 5.62. The minimum Gasteiger partial charge on any atom is -0.494 e. The highest BCUT2D eigenvalue weighted by Gasteiger charge is 2.28. The first-order chi connectivity index (χ1) is 8.87. The Morgan fingerprint density at radius 3 is 2.26 bits per heavy atom. The Hall–Kier alpha value is -1.11. The van der Waals surface area contributed by atoms with Gasteiger partial charge in [0.15, 0.2) is 0 Å². The van der Waals surface area contributed by atoms with Crippen LogP contribution in [-0.2, 0) is 10.0 Å². The van der Waals surface area contributed by atoms with E-state index in [1.54, 1.807) is 19.1 Å². The van der Waals surface area contributed by atoms with Gasteiger partial charge in [0.05, 0.1) is 23.6 Å². The van der Waals surface area contributed by atoms with Gasteiger partial charge in [-0.3, -0.25) is 0 Å². The van der Waals surface area contributed by atoms with Crippen LogP contribution in [0.1, 0.15) is 27.2 Å². The molecule has 1 aromatic carbocycles. The van der Waals surface area contributed by atoms with Gasteiger partial charge in [0.25, 0.3) is 0 Å². The molecule has 6 heteroatoms. The van der Waals surface area contributed by atoms with Gasteiger partial charge in [0, 0.05) is 0 Å². The molecule has 0 aliphatic heterocycles. The normalized spacial score (nSPS) is 14.9. The molecule has 19 heavy (non-hydrogen) atoms. The maximum atomic E-state index is 12.2. The highest BCUT2D eigenvalue weighted by molar-refractivity contribution is 7.89. The van der Waals surface area contributed by atoms with Crippen LogP contribution in [0.5, 0.6) is 5.75 Å². The zero-order chi connectivity index (χ0) is 14.5. The molecule has 2 N–H and O–H groups in total. The SMILES string of the molecule is CCOc1ccc(S(=O)(=O)NC(C)(CC)CO)cc1. The smallest absolute Gasteiger partial charge is 0.241 e. The van der Waals surface area contributed by atoms with Gasteiger partial charge in [0.2, 0.25) is 10.0 Å². The van der Waals surface area contributed by atoms with Crippen LogP contribution in [0.25, 0.3) is 0 Å². The summed E-state index contributed by atoms with van der Waals surface area (Å²) in [6, 6.07) is 6.20. The summed E-state index contributed by atoms with van der Waals surface area (Å²) in [4.78, 5) is 0.157. The number of aliphatic hydroxyl groups is 1. The maximum Gasteiger partial charge on any atom is 0.241 e. The molecule has 0 aliphatic rings. The Balaban J connectivity index is 2.94. The van der Waals surface area contributed by atoms with E-state index in [1.807, 2.05) is 13.8 Å². The summed E-state index contributed by atoms with van der Waals surface area (Å²) >= 11 is 0. The van der Waals surface area contributed by atoms with E-state index in [2.05, 4.69) is 4.72 Å². The first-order valence-corrected chi connectivity index (χ1v) is 7.73. The van der Waals surface area contributed by atoms with Gasteiger partial charge in [-0.1, -0.05) is 6.92 Å². The largest absolute Gasteiger partial charge is 0.494 e. The van der Waals surface area contributed by atoms with Crippen LogP contribution in [0.4, 0.5) is 0 Å². The molecule has 1 atom stereocenters. The molecule has 0 saturated heterocycles. The third kappa shape index (κ3) is 4.19. The van der Waals surface area contributed by atoms with Crippen molar-refractivity contribution in [3.63, 3.8) is 0 Å². The van der Waals surface area contributed by atoms with Crippen molar-refractivity contribution in [2.75, 3.05) is 13.2 Å². The molecule has 1 rings (SSSR count).